The number of nitrogens with zero attached hydrogens (tertiary/aromatic N) is 1. The number of nitrogens with two attached hydrogens (primary N) is 1. The monoisotopic (exact) mass is 332 g/mol. The molecule has 0 aromatic carbocycles. The van der Waals surface area contributed by atoms with Gasteiger partial charge in [-0.3, -0.25) is 4.99 Å². The van der Waals surface area contributed by atoms with Gasteiger partial charge in [-0.25, -0.2) is 4.57 Å². The van der Waals surface area contributed by atoms with Crippen LogP contribution in [0, 0.1) is 22.7 Å². The Morgan fingerprint density at radius 1 is 1.33 bits per heavy atom. The maximum Gasteiger partial charge on any atom is 0.384 e. The molecule has 0 aromatic heterocycles. The van der Waals surface area contributed by atoms with Gasteiger partial charge in [0.15, 0.2) is 0 Å². The lowest BCUT2D eigenvalue weighted by Crippen LogP contribution is -2.52. The van der Waals surface area contributed by atoms with Gasteiger partial charge in [0, 0.05) is 6.54 Å². The largest absolute Gasteiger partial charge is 0.387 e. The number of amidine groups is 1. The Bertz CT molecular complexity index is 490. The van der Waals surface area contributed by atoms with Crippen molar-refractivity contribution in [1.29, 1.82) is 0 Å². The quantitative estimate of drug-likeness (QED) is 0.409. The topological polar surface area (TPSA) is 95.9 Å². The predicted octanol–water partition coefficient (Wildman–Crippen LogP) is 2.78. The molecular weight excluding hydrogens is 307 g/mol. The van der Waals surface area contributed by atoms with E-state index in [1.165, 1.54) is 38.5 Å². The molecule has 0 spiro atoms. The first-order chi connectivity index (χ1) is 9.67. The minimum atomic E-state index is -4.06. The van der Waals surface area contributed by atoms with E-state index in [2.05, 4.69) is 11.9 Å². The Morgan fingerprint density at radius 3 is 2.48 bits per heavy atom. The van der Waals surface area contributed by atoms with Crippen LogP contribution in [0.25, 0.3) is 0 Å². The summed E-state index contributed by atoms with van der Waals surface area (Å²) in [5, 5.41) is 0. The van der Waals surface area contributed by atoms with Crippen molar-refractivity contribution in [3.05, 3.63) is 0 Å². The summed E-state index contributed by atoms with van der Waals surface area (Å²) >= 11 is 0.569. The maximum atomic E-state index is 10.9. The number of aliphatic imine (C=N–C) groups is 1. The fourth-order valence-electron chi connectivity index (χ4n) is 5.58. The normalized spacial score (nSPS) is 42.5. The van der Waals surface area contributed by atoms with Crippen LogP contribution in [0.5, 0.6) is 0 Å². The van der Waals surface area contributed by atoms with Crippen LogP contribution >= 0.6 is 18.2 Å². The van der Waals surface area contributed by atoms with Crippen molar-refractivity contribution in [3.8, 4) is 0 Å². The molecule has 4 aliphatic rings. The molecule has 4 fully saturated rings. The third kappa shape index (κ3) is 3.66. The SMILES string of the molecule is CC12C[C@H]3C[C@@H](C1)CC(CN=C(N)CSP(=O)(O)O)(C3)C2. The molecule has 4 saturated carbocycles. The summed E-state index contributed by atoms with van der Waals surface area (Å²) in [5.41, 5.74) is 6.63. The molecule has 2 unspecified atom stereocenters. The van der Waals surface area contributed by atoms with E-state index in [4.69, 9.17) is 15.5 Å². The van der Waals surface area contributed by atoms with Crippen LogP contribution in [-0.4, -0.2) is 27.9 Å². The molecule has 4 N–H and O–H groups in total. The molecule has 7 heteroatoms. The van der Waals surface area contributed by atoms with E-state index in [0.29, 0.717) is 28.0 Å². The molecule has 0 heterocycles. The van der Waals surface area contributed by atoms with Crippen molar-refractivity contribution in [1.82, 2.24) is 0 Å². The van der Waals surface area contributed by atoms with Crippen molar-refractivity contribution in [3.63, 3.8) is 0 Å². The van der Waals surface area contributed by atoms with Gasteiger partial charge in [0.1, 0.15) is 5.84 Å². The van der Waals surface area contributed by atoms with Crippen LogP contribution in [0.1, 0.15) is 45.4 Å². The third-order valence-corrected chi connectivity index (χ3v) is 7.63. The third-order valence-electron chi connectivity index (χ3n) is 5.47. The number of rotatable bonds is 5. The molecule has 5 nitrogen and oxygen atoms in total. The Labute approximate surface area is 130 Å². The first kappa shape index (κ1) is 15.9. The van der Waals surface area contributed by atoms with E-state index in [1.807, 2.05) is 0 Å². The van der Waals surface area contributed by atoms with Crippen molar-refractivity contribution in [2.45, 2.75) is 45.4 Å². The highest BCUT2D eigenvalue weighted by Crippen LogP contribution is 2.65. The zero-order chi connectivity index (χ0) is 15.3. The minimum absolute atomic E-state index is 0.116. The lowest BCUT2D eigenvalue weighted by Gasteiger charge is -2.61. The van der Waals surface area contributed by atoms with Gasteiger partial charge in [-0.05, 0) is 72.6 Å². The highest BCUT2D eigenvalue weighted by atomic mass is 32.7. The second-order valence-corrected chi connectivity index (χ2v) is 11.6. The fraction of sp³-hybridized carbons (Fsp3) is 0.929. The zero-order valence-corrected chi connectivity index (χ0v) is 14.2. The molecule has 4 aliphatic carbocycles. The first-order valence-electron chi connectivity index (χ1n) is 7.66. The molecule has 0 aliphatic heterocycles. The molecule has 0 saturated heterocycles. The summed E-state index contributed by atoms with van der Waals surface area (Å²) in [6.07, 6.45) is 7.92. The average molecular weight is 332 g/mol. The second-order valence-electron chi connectivity index (χ2n) is 7.84. The van der Waals surface area contributed by atoms with E-state index in [1.54, 1.807) is 0 Å². The summed E-state index contributed by atoms with van der Waals surface area (Å²) < 4.78 is 10.9. The highest BCUT2D eigenvalue weighted by Gasteiger charge is 2.55. The molecule has 4 atom stereocenters. The van der Waals surface area contributed by atoms with Gasteiger partial charge in [0.05, 0.1) is 5.75 Å². The maximum absolute atomic E-state index is 10.9. The predicted molar refractivity (Wildman–Crippen MR) is 86.2 cm³/mol. The van der Waals surface area contributed by atoms with E-state index in [0.717, 1.165) is 18.4 Å². The van der Waals surface area contributed by atoms with Crippen LogP contribution in [0.15, 0.2) is 4.99 Å². The Balaban J connectivity index is 1.63. The Hall–Kier alpha value is -0.0300. The van der Waals surface area contributed by atoms with Crippen LogP contribution in [0.4, 0.5) is 0 Å². The minimum Gasteiger partial charge on any atom is -0.387 e. The first-order valence-corrected chi connectivity index (χ1v) is 10.9. The van der Waals surface area contributed by atoms with Crippen molar-refractivity contribution in [2.24, 2.45) is 33.4 Å². The number of hydrogen-bond donors (Lipinski definition) is 3. The highest BCUT2D eigenvalue weighted by molar-refractivity contribution is 8.54. The molecule has 4 rings (SSSR count). The van der Waals surface area contributed by atoms with Crippen molar-refractivity contribution >= 4 is 24.0 Å². The van der Waals surface area contributed by atoms with Gasteiger partial charge in [0.25, 0.3) is 0 Å². The molecule has 0 aromatic rings. The van der Waals surface area contributed by atoms with Gasteiger partial charge in [-0.2, -0.15) is 0 Å². The summed E-state index contributed by atoms with van der Waals surface area (Å²) in [7, 11) is 0. The lowest BCUT2D eigenvalue weighted by molar-refractivity contribution is -0.0962. The van der Waals surface area contributed by atoms with Gasteiger partial charge in [-0.1, -0.05) is 6.92 Å². The van der Waals surface area contributed by atoms with Crippen LogP contribution in [0.3, 0.4) is 0 Å². The summed E-state index contributed by atoms with van der Waals surface area (Å²) in [6.45, 7) is -0.890. The van der Waals surface area contributed by atoms with E-state index in [9.17, 15) is 4.57 Å². The standard InChI is InChI=1S/C14H25N2O3PS/c1-13-3-10-2-11(4-13)6-14(5-10,8-13)9-16-12(15)7-21-20(17,18)19/h10-11H,2-9H2,1H3,(H2,15,16)(H2,17,18,19)/t10-,11+,13?,14?. The summed E-state index contributed by atoms with van der Waals surface area (Å²) in [6, 6.07) is 0. The Kier molecular flexibility index (Phi) is 3.97. The molecule has 21 heavy (non-hydrogen) atoms. The van der Waals surface area contributed by atoms with Gasteiger partial charge >= 0.3 is 6.80 Å². The zero-order valence-electron chi connectivity index (χ0n) is 12.5. The number of hydrogen-bond acceptors (Lipinski definition) is 3. The van der Waals surface area contributed by atoms with Gasteiger partial charge in [0.2, 0.25) is 0 Å². The Morgan fingerprint density at radius 2 is 1.95 bits per heavy atom. The van der Waals surface area contributed by atoms with E-state index < -0.39 is 6.80 Å². The van der Waals surface area contributed by atoms with Crippen LogP contribution in [0.2, 0.25) is 0 Å². The summed E-state index contributed by atoms with van der Waals surface area (Å²) in [5.74, 6) is 2.20. The molecule has 4 bridgehead atoms. The van der Waals surface area contributed by atoms with Crippen LogP contribution < -0.4 is 5.73 Å². The molecular formula is C14H25N2O3PS. The van der Waals surface area contributed by atoms with Crippen molar-refractivity contribution < 1.29 is 14.4 Å². The average Bonchev–Trinajstić information content (AvgIpc) is 2.30. The molecule has 0 amide bonds. The molecule has 0 radical (unpaired) electrons. The lowest BCUT2D eigenvalue weighted by atomic mass is 9.45. The fourth-order valence-corrected chi connectivity index (χ4v) is 6.87. The molecule has 120 valence electrons. The summed E-state index contributed by atoms with van der Waals surface area (Å²) in [4.78, 5) is 22.2. The second kappa shape index (κ2) is 5.26. The van der Waals surface area contributed by atoms with Crippen molar-refractivity contribution in [2.75, 3.05) is 12.3 Å². The van der Waals surface area contributed by atoms with E-state index >= 15 is 0 Å². The van der Waals surface area contributed by atoms with Crippen LogP contribution in [-0.2, 0) is 4.57 Å². The smallest absolute Gasteiger partial charge is 0.384 e. The van der Waals surface area contributed by atoms with Gasteiger partial charge in [-0.15, -0.1) is 0 Å². The van der Waals surface area contributed by atoms with Gasteiger partial charge < -0.3 is 15.5 Å². The van der Waals surface area contributed by atoms with E-state index in [-0.39, 0.29) is 5.75 Å².